The number of para-hydroxylation sites is 2. The number of anilines is 2. The zero-order valence-corrected chi connectivity index (χ0v) is 14.6. The van der Waals surface area contributed by atoms with Gasteiger partial charge in [-0.1, -0.05) is 29.5 Å². The summed E-state index contributed by atoms with van der Waals surface area (Å²) in [5, 5.41) is 13.1. The van der Waals surface area contributed by atoms with Gasteiger partial charge < -0.3 is 14.5 Å². The molecule has 4 aromatic rings. The van der Waals surface area contributed by atoms with E-state index in [4.69, 9.17) is 9.15 Å². The van der Waals surface area contributed by atoms with E-state index in [0.717, 1.165) is 27.4 Å². The van der Waals surface area contributed by atoms with Gasteiger partial charge in [-0.25, -0.2) is 4.98 Å². The minimum Gasteiger partial charge on any atom is -0.436 e. The zero-order chi connectivity index (χ0) is 17.2. The molecular weight excluding hydrogens is 336 g/mol. The number of methoxy groups -OCH3 is 1. The molecule has 1 N–H and O–H groups in total. The number of aromatic nitrogens is 3. The molecule has 0 fully saturated rings. The fraction of sp³-hybridized carbons (Fsp3) is 0.167. The lowest BCUT2D eigenvalue weighted by atomic mass is 10.2. The Morgan fingerprint density at radius 2 is 2.00 bits per heavy atom. The molecule has 1 atom stereocenters. The van der Waals surface area contributed by atoms with Crippen LogP contribution in [0.3, 0.4) is 0 Å². The van der Waals surface area contributed by atoms with E-state index in [1.807, 2.05) is 55.5 Å². The van der Waals surface area contributed by atoms with Gasteiger partial charge in [0.25, 0.3) is 0 Å². The lowest BCUT2D eigenvalue weighted by molar-refractivity contribution is 0.118. The molecule has 0 saturated heterocycles. The number of ether oxygens (including phenoxy) is 1. The molecule has 0 aliphatic rings. The van der Waals surface area contributed by atoms with Crippen LogP contribution in [0.15, 0.2) is 52.9 Å². The van der Waals surface area contributed by atoms with E-state index >= 15 is 0 Å². The third-order valence-electron chi connectivity index (χ3n) is 3.80. The maximum atomic E-state index is 5.83. The molecule has 1 unspecified atom stereocenters. The normalized spacial score (nSPS) is 12.4. The van der Waals surface area contributed by atoms with E-state index < -0.39 is 0 Å². The molecule has 2 aromatic heterocycles. The van der Waals surface area contributed by atoms with E-state index in [1.54, 1.807) is 7.11 Å². The summed E-state index contributed by atoms with van der Waals surface area (Å²) in [6.45, 7) is 1.94. The second kappa shape index (κ2) is 6.62. The van der Waals surface area contributed by atoms with Gasteiger partial charge in [0.2, 0.25) is 11.0 Å². The topological polar surface area (TPSA) is 73.1 Å². The van der Waals surface area contributed by atoms with Crippen LogP contribution in [0, 0.1) is 0 Å². The lowest BCUT2D eigenvalue weighted by Crippen LogP contribution is -1.93. The number of nitrogens with one attached hydrogen (secondary N) is 1. The molecule has 0 aliphatic heterocycles. The highest BCUT2D eigenvalue weighted by molar-refractivity contribution is 7.15. The molecule has 6 nitrogen and oxygen atoms in total. The predicted molar refractivity (Wildman–Crippen MR) is 98.1 cm³/mol. The first kappa shape index (κ1) is 15.7. The number of hydrogen-bond acceptors (Lipinski definition) is 7. The Labute approximate surface area is 148 Å². The quantitative estimate of drug-likeness (QED) is 0.556. The number of fused-ring (bicyclic) bond motifs is 1. The Hall–Kier alpha value is -2.77. The zero-order valence-electron chi connectivity index (χ0n) is 13.8. The van der Waals surface area contributed by atoms with Crippen LogP contribution >= 0.6 is 11.3 Å². The molecule has 2 heterocycles. The van der Waals surface area contributed by atoms with E-state index in [2.05, 4.69) is 20.5 Å². The number of rotatable bonds is 5. The van der Waals surface area contributed by atoms with Gasteiger partial charge in [0, 0.05) is 18.4 Å². The molecule has 126 valence electrons. The van der Waals surface area contributed by atoms with Gasteiger partial charge in [-0.05, 0) is 37.3 Å². The number of oxazole rings is 1. The smallest absolute Gasteiger partial charge is 0.227 e. The van der Waals surface area contributed by atoms with Crippen molar-refractivity contribution < 1.29 is 9.15 Å². The van der Waals surface area contributed by atoms with Crippen molar-refractivity contribution in [3.8, 4) is 11.5 Å². The van der Waals surface area contributed by atoms with Gasteiger partial charge in [-0.2, -0.15) is 0 Å². The first-order chi connectivity index (χ1) is 12.2. The van der Waals surface area contributed by atoms with E-state index in [0.29, 0.717) is 11.0 Å². The third-order valence-corrected chi connectivity index (χ3v) is 4.80. The average molecular weight is 352 g/mol. The molecule has 7 heteroatoms. The molecule has 0 amide bonds. The van der Waals surface area contributed by atoms with E-state index in [1.165, 1.54) is 11.3 Å². The number of benzene rings is 2. The van der Waals surface area contributed by atoms with Crippen molar-refractivity contribution in [2.24, 2.45) is 0 Å². The summed E-state index contributed by atoms with van der Waals surface area (Å²) < 4.78 is 11.1. The van der Waals surface area contributed by atoms with Gasteiger partial charge in [0.1, 0.15) is 16.6 Å². The second-order valence-electron chi connectivity index (χ2n) is 5.52. The van der Waals surface area contributed by atoms with Crippen LogP contribution in [0.25, 0.3) is 22.6 Å². The van der Waals surface area contributed by atoms with Crippen LogP contribution in [0.5, 0.6) is 0 Å². The van der Waals surface area contributed by atoms with E-state index in [9.17, 15) is 0 Å². The van der Waals surface area contributed by atoms with Crippen LogP contribution < -0.4 is 5.32 Å². The summed E-state index contributed by atoms with van der Waals surface area (Å²) in [7, 11) is 1.66. The third kappa shape index (κ3) is 3.24. The van der Waals surface area contributed by atoms with Crippen molar-refractivity contribution in [3.63, 3.8) is 0 Å². The van der Waals surface area contributed by atoms with Gasteiger partial charge in [-0.3, -0.25) is 0 Å². The lowest BCUT2D eigenvalue weighted by Gasteiger charge is -2.04. The summed E-state index contributed by atoms with van der Waals surface area (Å²) in [6, 6.07) is 15.6. The fourth-order valence-corrected chi connectivity index (χ4v) is 3.19. The maximum Gasteiger partial charge on any atom is 0.227 e. The van der Waals surface area contributed by atoms with Crippen LogP contribution in [0.1, 0.15) is 18.0 Å². The standard InChI is InChI=1S/C18H16N4O2S/c1-11(23-2)17-21-22-18(25-17)19-13-7-5-6-12(10-13)16-20-14-8-3-4-9-15(14)24-16/h3-11H,1-2H3,(H,19,22). The van der Waals surface area contributed by atoms with Crippen LogP contribution in [0.4, 0.5) is 10.8 Å². The average Bonchev–Trinajstić information content (AvgIpc) is 3.28. The number of hydrogen-bond donors (Lipinski definition) is 1. The van der Waals surface area contributed by atoms with Gasteiger partial charge in [0.15, 0.2) is 5.58 Å². The SMILES string of the molecule is COC(C)c1nnc(Nc2cccc(-c3nc4ccccc4o3)c2)s1. The van der Waals surface area contributed by atoms with E-state index in [-0.39, 0.29) is 6.10 Å². The van der Waals surface area contributed by atoms with Crippen molar-refractivity contribution in [3.05, 3.63) is 53.5 Å². The Balaban J connectivity index is 1.60. The summed E-state index contributed by atoms with van der Waals surface area (Å²) >= 11 is 1.47. The first-order valence-corrected chi connectivity index (χ1v) is 8.64. The summed E-state index contributed by atoms with van der Waals surface area (Å²) in [5.74, 6) is 0.593. The predicted octanol–water partition coefficient (Wildman–Crippen LogP) is 4.80. The van der Waals surface area contributed by atoms with Crippen molar-refractivity contribution in [2.45, 2.75) is 13.0 Å². The van der Waals surface area contributed by atoms with Gasteiger partial charge >= 0.3 is 0 Å². The maximum absolute atomic E-state index is 5.83. The highest BCUT2D eigenvalue weighted by atomic mass is 32.1. The molecule has 0 bridgehead atoms. The second-order valence-corrected chi connectivity index (χ2v) is 6.53. The van der Waals surface area contributed by atoms with Crippen molar-refractivity contribution >= 4 is 33.3 Å². The Morgan fingerprint density at radius 1 is 1.12 bits per heavy atom. The highest BCUT2D eigenvalue weighted by Gasteiger charge is 2.12. The Bertz CT molecular complexity index is 978. The molecule has 2 aromatic carbocycles. The first-order valence-electron chi connectivity index (χ1n) is 7.82. The monoisotopic (exact) mass is 352 g/mol. The molecule has 0 radical (unpaired) electrons. The van der Waals surface area contributed by atoms with Crippen LogP contribution in [-0.2, 0) is 4.74 Å². The summed E-state index contributed by atoms with van der Waals surface area (Å²) in [5.41, 5.74) is 3.42. The molecule has 0 spiro atoms. The summed E-state index contributed by atoms with van der Waals surface area (Å²) in [6.07, 6.45) is -0.0702. The van der Waals surface area contributed by atoms with Crippen LogP contribution in [0.2, 0.25) is 0 Å². The van der Waals surface area contributed by atoms with Gasteiger partial charge in [0.05, 0.1) is 0 Å². The largest absolute Gasteiger partial charge is 0.436 e. The fourth-order valence-electron chi connectivity index (χ4n) is 2.40. The van der Waals surface area contributed by atoms with Crippen molar-refractivity contribution in [2.75, 3.05) is 12.4 Å². The van der Waals surface area contributed by atoms with Crippen LogP contribution in [-0.4, -0.2) is 22.3 Å². The molecule has 25 heavy (non-hydrogen) atoms. The molecular formula is C18H16N4O2S. The van der Waals surface area contributed by atoms with Crippen molar-refractivity contribution in [1.82, 2.24) is 15.2 Å². The molecule has 0 saturated carbocycles. The van der Waals surface area contributed by atoms with Gasteiger partial charge in [-0.15, -0.1) is 10.2 Å². The van der Waals surface area contributed by atoms with Crippen molar-refractivity contribution in [1.29, 1.82) is 0 Å². The number of nitrogens with zero attached hydrogens (tertiary/aromatic N) is 3. The highest BCUT2D eigenvalue weighted by Crippen LogP contribution is 2.29. The minimum absolute atomic E-state index is 0.0702. The molecule has 0 aliphatic carbocycles. The minimum atomic E-state index is -0.0702. The molecule has 4 rings (SSSR count). The summed E-state index contributed by atoms with van der Waals surface area (Å²) in [4.78, 5) is 4.53. The Morgan fingerprint density at radius 3 is 2.84 bits per heavy atom. The Kier molecular flexibility index (Phi) is 4.17.